The van der Waals surface area contributed by atoms with Gasteiger partial charge in [0.15, 0.2) is 0 Å². The molecular weight excluding hydrogens is 254 g/mol. The van der Waals surface area contributed by atoms with Crippen LogP contribution in [0.2, 0.25) is 0 Å². The molecule has 0 bridgehead atoms. The smallest absolute Gasteiger partial charge is 0.340 e. The van der Waals surface area contributed by atoms with Crippen molar-refractivity contribution in [1.29, 1.82) is 0 Å². The summed E-state index contributed by atoms with van der Waals surface area (Å²) in [4.78, 5) is 24.4. The van der Waals surface area contributed by atoms with Crippen molar-refractivity contribution in [3.63, 3.8) is 0 Å². The summed E-state index contributed by atoms with van der Waals surface area (Å²) in [7, 11) is 1.31. The molecule has 0 saturated heterocycles. The number of hydrogen-bond acceptors (Lipinski definition) is 3. The lowest BCUT2D eigenvalue weighted by atomic mass is 10.0. The summed E-state index contributed by atoms with van der Waals surface area (Å²) in [6.07, 6.45) is 1.73. The van der Waals surface area contributed by atoms with E-state index in [2.05, 4.69) is 0 Å². The average molecular weight is 271 g/mol. The van der Waals surface area contributed by atoms with Crippen molar-refractivity contribution in [1.82, 2.24) is 4.57 Å². The number of aromatic nitrogens is 1. The number of aryl methyl sites for hydroxylation is 2. The van der Waals surface area contributed by atoms with Crippen molar-refractivity contribution in [2.75, 3.05) is 7.11 Å². The summed E-state index contributed by atoms with van der Waals surface area (Å²) in [5, 5.41) is 0. The molecule has 0 radical (unpaired) electrons. The molecule has 0 saturated carbocycles. The maximum absolute atomic E-state index is 12.6. The third kappa shape index (κ3) is 2.50. The number of nitrogens with zero attached hydrogens (tertiary/aromatic N) is 1. The van der Waals surface area contributed by atoms with Gasteiger partial charge in [-0.25, -0.2) is 4.79 Å². The second-order valence-electron chi connectivity index (χ2n) is 4.55. The Hall–Kier alpha value is -2.36. The second-order valence-corrected chi connectivity index (χ2v) is 4.55. The molecular formula is C16H17NO3. The SMILES string of the molecule is CCn1ccc(C(=O)OC)c1C(=O)c1ccc(C)cc1. The summed E-state index contributed by atoms with van der Waals surface area (Å²) in [6, 6.07) is 8.92. The molecule has 1 aromatic carbocycles. The number of methoxy groups -OCH3 is 1. The van der Waals surface area contributed by atoms with E-state index in [1.807, 2.05) is 26.0 Å². The summed E-state index contributed by atoms with van der Waals surface area (Å²) in [5.74, 6) is -0.662. The summed E-state index contributed by atoms with van der Waals surface area (Å²) in [6.45, 7) is 4.50. The number of carbonyl (C=O) groups is 2. The van der Waals surface area contributed by atoms with Crippen molar-refractivity contribution in [2.24, 2.45) is 0 Å². The van der Waals surface area contributed by atoms with E-state index in [9.17, 15) is 9.59 Å². The first-order chi connectivity index (χ1) is 9.58. The number of ether oxygens (including phenoxy) is 1. The number of hydrogen-bond donors (Lipinski definition) is 0. The molecule has 0 amide bonds. The van der Waals surface area contributed by atoms with Crippen molar-refractivity contribution >= 4 is 11.8 Å². The molecule has 4 heteroatoms. The lowest BCUT2D eigenvalue weighted by Crippen LogP contribution is -2.14. The first-order valence-electron chi connectivity index (χ1n) is 6.47. The Labute approximate surface area is 118 Å². The minimum atomic E-state index is -0.493. The topological polar surface area (TPSA) is 48.3 Å². The predicted octanol–water partition coefficient (Wildman–Crippen LogP) is 2.83. The van der Waals surface area contributed by atoms with Gasteiger partial charge in [0.1, 0.15) is 5.69 Å². The molecule has 1 heterocycles. The van der Waals surface area contributed by atoms with E-state index in [0.29, 0.717) is 23.4 Å². The molecule has 0 N–H and O–H groups in total. The predicted molar refractivity (Wildman–Crippen MR) is 76.1 cm³/mol. The van der Waals surface area contributed by atoms with Crippen LogP contribution in [0.3, 0.4) is 0 Å². The molecule has 104 valence electrons. The normalized spacial score (nSPS) is 10.3. The fourth-order valence-corrected chi connectivity index (χ4v) is 2.11. The van der Waals surface area contributed by atoms with Crippen molar-refractivity contribution in [3.05, 3.63) is 58.9 Å². The Morgan fingerprint density at radius 1 is 1.15 bits per heavy atom. The minimum Gasteiger partial charge on any atom is -0.465 e. The van der Waals surface area contributed by atoms with Gasteiger partial charge < -0.3 is 9.30 Å². The van der Waals surface area contributed by atoms with Crippen LogP contribution in [0.5, 0.6) is 0 Å². The Morgan fingerprint density at radius 2 is 1.80 bits per heavy atom. The molecule has 4 nitrogen and oxygen atoms in total. The molecule has 0 aliphatic heterocycles. The molecule has 0 spiro atoms. The van der Waals surface area contributed by atoms with Crippen LogP contribution in [0.1, 0.15) is 38.9 Å². The van der Waals surface area contributed by atoms with Gasteiger partial charge in [0.2, 0.25) is 5.78 Å². The van der Waals surface area contributed by atoms with E-state index in [1.54, 1.807) is 29.0 Å². The molecule has 0 unspecified atom stereocenters. The number of benzene rings is 1. The van der Waals surface area contributed by atoms with E-state index in [-0.39, 0.29) is 5.78 Å². The fourth-order valence-electron chi connectivity index (χ4n) is 2.11. The first kappa shape index (κ1) is 14.1. The highest BCUT2D eigenvalue weighted by atomic mass is 16.5. The summed E-state index contributed by atoms with van der Waals surface area (Å²) < 4.78 is 6.49. The maximum atomic E-state index is 12.6. The Kier molecular flexibility index (Phi) is 4.03. The first-order valence-corrected chi connectivity index (χ1v) is 6.47. The lowest BCUT2D eigenvalue weighted by Gasteiger charge is -2.08. The number of rotatable bonds is 4. The van der Waals surface area contributed by atoms with Crippen LogP contribution in [0.4, 0.5) is 0 Å². The van der Waals surface area contributed by atoms with E-state index in [0.717, 1.165) is 5.56 Å². The summed E-state index contributed by atoms with van der Waals surface area (Å²) in [5.41, 5.74) is 2.33. The maximum Gasteiger partial charge on any atom is 0.340 e. The van der Waals surface area contributed by atoms with Gasteiger partial charge in [-0.2, -0.15) is 0 Å². The van der Waals surface area contributed by atoms with Gasteiger partial charge in [0.25, 0.3) is 0 Å². The van der Waals surface area contributed by atoms with Crippen molar-refractivity contribution < 1.29 is 14.3 Å². The highest BCUT2D eigenvalue weighted by Crippen LogP contribution is 2.18. The van der Waals surface area contributed by atoms with Crippen LogP contribution >= 0.6 is 0 Å². The molecule has 2 aromatic rings. The van der Waals surface area contributed by atoms with Crippen LogP contribution < -0.4 is 0 Å². The zero-order valence-electron chi connectivity index (χ0n) is 11.8. The second kappa shape index (κ2) is 5.74. The van der Waals surface area contributed by atoms with Gasteiger partial charge in [-0.05, 0) is 19.9 Å². The number of ketones is 1. The molecule has 0 atom stereocenters. The molecule has 0 fully saturated rings. The fraction of sp³-hybridized carbons (Fsp3) is 0.250. The standard InChI is InChI=1S/C16H17NO3/c1-4-17-10-9-13(16(19)20-3)14(17)15(18)12-7-5-11(2)6-8-12/h5-10H,4H2,1-3H3. The van der Waals surface area contributed by atoms with Crippen LogP contribution in [-0.4, -0.2) is 23.4 Å². The van der Waals surface area contributed by atoms with Gasteiger partial charge in [0, 0.05) is 18.3 Å². The third-order valence-corrected chi connectivity index (χ3v) is 3.24. The van der Waals surface area contributed by atoms with Crippen molar-refractivity contribution in [3.8, 4) is 0 Å². The Bertz CT molecular complexity index is 638. The van der Waals surface area contributed by atoms with Gasteiger partial charge in [-0.1, -0.05) is 29.8 Å². The highest BCUT2D eigenvalue weighted by molar-refractivity contribution is 6.13. The van der Waals surface area contributed by atoms with E-state index < -0.39 is 5.97 Å². The van der Waals surface area contributed by atoms with E-state index in [1.165, 1.54) is 7.11 Å². The molecule has 0 aliphatic rings. The number of carbonyl (C=O) groups excluding carboxylic acids is 2. The van der Waals surface area contributed by atoms with Gasteiger partial charge in [-0.15, -0.1) is 0 Å². The van der Waals surface area contributed by atoms with E-state index in [4.69, 9.17) is 4.74 Å². The third-order valence-electron chi connectivity index (χ3n) is 3.24. The monoisotopic (exact) mass is 271 g/mol. The van der Waals surface area contributed by atoms with E-state index >= 15 is 0 Å². The molecule has 0 aliphatic carbocycles. The van der Waals surface area contributed by atoms with Gasteiger partial charge in [0.05, 0.1) is 12.7 Å². The quantitative estimate of drug-likeness (QED) is 0.634. The Morgan fingerprint density at radius 3 is 2.35 bits per heavy atom. The van der Waals surface area contributed by atoms with Gasteiger partial charge >= 0.3 is 5.97 Å². The molecule has 1 aromatic heterocycles. The molecule has 2 rings (SSSR count). The van der Waals surface area contributed by atoms with Gasteiger partial charge in [-0.3, -0.25) is 4.79 Å². The van der Waals surface area contributed by atoms with Crippen LogP contribution in [0.25, 0.3) is 0 Å². The molecule has 20 heavy (non-hydrogen) atoms. The zero-order valence-corrected chi connectivity index (χ0v) is 11.8. The van der Waals surface area contributed by atoms with Crippen LogP contribution in [-0.2, 0) is 11.3 Å². The van der Waals surface area contributed by atoms with Crippen LogP contribution in [0.15, 0.2) is 36.5 Å². The number of esters is 1. The largest absolute Gasteiger partial charge is 0.465 e. The van der Waals surface area contributed by atoms with Crippen LogP contribution in [0, 0.1) is 6.92 Å². The highest BCUT2D eigenvalue weighted by Gasteiger charge is 2.22. The summed E-state index contributed by atoms with van der Waals surface area (Å²) >= 11 is 0. The zero-order chi connectivity index (χ0) is 14.7. The Balaban J connectivity index is 2.50. The average Bonchev–Trinajstić information content (AvgIpc) is 2.90. The van der Waals surface area contributed by atoms with Crippen molar-refractivity contribution in [2.45, 2.75) is 20.4 Å². The lowest BCUT2D eigenvalue weighted by molar-refractivity contribution is 0.0597. The minimum absolute atomic E-state index is 0.169.